The van der Waals surface area contributed by atoms with Crippen LogP contribution in [-0.2, 0) is 0 Å². The molecule has 0 aliphatic heterocycles. The number of carboxylic acid groups (broad SMARTS) is 1. The number of carbonyl (C=O) groups is 1. The Bertz CT molecular complexity index is 314. The summed E-state index contributed by atoms with van der Waals surface area (Å²) in [6.07, 6.45) is -0.927. The number of hydrogen-bond donors (Lipinski definition) is 1. The van der Waals surface area contributed by atoms with E-state index in [0.717, 1.165) is 0 Å². The number of hydrogen-bond acceptors (Lipinski definition) is 1. The molecule has 0 unspecified atom stereocenters. The second kappa shape index (κ2) is 3.70. The van der Waals surface area contributed by atoms with Crippen LogP contribution in [0.2, 0.25) is 0 Å². The van der Waals surface area contributed by atoms with E-state index in [1.54, 1.807) is 12.1 Å². The molecule has 3 nitrogen and oxygen atoms in total. The van der Waals surface area contributed by atoms with Crippen LogP contribution in [0, 0.1) is 0 Å². The summed E-state index contributed by atoms with van der Waals surface area (Å²) in [5.74, 6) is 0. The highest BCUT2D eigenvalue weighted by atomic mass is 16.4. The van der Waals surface area contributed by atoms with Gasteiger partial charge in [-0.15, -0.1) is 0 Å². The molecular formula is C11H15NO2. The van der Waals surface area contributed by atoms with Crippen LogP contribution in [-0.4, -0.2) is 16.7 Å². The third-order valence-electron chi connectivity index (χ3n) is 1.88. The van der Waals surface area contributed by atoms with Gasteiger partial charge in [0.25, 0.3) is 0 Å². The van der Waals surface area contributed by atoms with Crippen LogP contribution < -0.4 is 4.90 Å². The van der Waals surface area contributed by atoms with Crippen LogP contribution in [0.25, 0.3) is 0 Å². The molecule has 1 rings (SSSR count). The van der Waals surface area contributed by atoms with E-state index in [9.17, 15) is 4.79 Å². The van der Waals surface area contributed by atoms with Gasteiger partial charge in [-0.3, -0.25) is 4.90 Å². The van der Waals surface area contributed by atoms with Gasteiger partial charge in [0.1, 0.15) is 0 Å². The highest BCUT2D eigenvalue weighted by Gasteiger charge is 2.27. The monoisotopic (exact) mass is 193 g/mol. The van der Waals surface area contributed by atoms with Gasteiger partial charge < -0.3 is 5.11 Å². The fourth-order valence-corrected chi connectivity index (χ4v) is 1.36. The fourth-order valence-electron chi connectivity index (χ4n) is 1.36. The summed E-state index contributed by atoms with van der Waals surface area (Å²) in [5, 5.41) is 9.09. The smallest absolute Gasteiger partial charge is 0.412 e. The lowest BCUT2D eigenvalue weighted by Gasteiger charge is -2.33. The second-order valence-corrected chi connectivity index (χ2v) is 4.12. The van der Waals surface area contributed by atoms with Crippen LogP contribution in [0.3, 0.4) is 0 Å². The third-order valence-corrected chi connectivity index (χ3v) is 1.88. The predicted molar refractivity (Wildman–Crippen MR) is 56.7 cm³/mol. The Labute approximate surface area is 84.0 Å². The van der Waals surface area contributed by atoms with E-state index < -0.39 is 11.6 Å². The number of anilines is 1. The lowest BCUT2D eigenvalue weighted by molar-refractivity contribution is 0.195. The first kappa shape index (κ1) is 10.6. The van der Waals surface area contributed by atoms with Gasteiger partial charge in [0.15, 0.2) is 0 Å². The molecule has 14 heavy (non-hydrogen) atoms. The number of nitrogens with zero attached hydrogens (tertiary/aromatic N) is 1. The molecule has 0 atom stereocenters. The van der Waals surface area contributed by atoms with Gasteiger partial charge in [-0.2, -0.15) is 0 Å². The van der Waals surface area contributed by atoms with E-state index in [2.05, 4.69) is 0 Å². The molecule has 0 spiro atoms. The zero-order valence-electron chi connectivity index (χ0n) is 8.69. The first-order valence-corrected chi connectivity index (χ1v) is 4.51. The topological polar surface area (TPSA) is 40.5 Å². The molecule has 0 aliphatic rings. The molecule has 0 aliphatic carbocycles. The normalized spacial score (nSPS) is 11.1. The average Bonchev–Trinajstić information content (AvgIpc) is 2.02. The second-order valence-electron chi connectivity index (χ2n) is 4.12. The number of rotatable bonds is 1. The summed E-state index contributed by atoms with van der Waals surface area (Å²) in [7, 11) is 0. The molecule has 3 heteroatoms. The summed E-state index contributed by atoms with van der Waals surface area (Å²) < 4.78 is 0. The van der Waals surface area contributed by atoms with Crippen molar-refractivity contribution >= 4 is 11.8 Å². The van der Waals surface area contributed by atoms with Gasteiger partial charge in [-0.05, 0) is 32.9 Å². The van der Waals surface area contributed by atoms with Crippen molar-refractivity contribution in [1.29, 1.82) is 0 Å². The van der Waals surface area contributed by atoms with Crippen molar-refractivity contribution in [1.82, 2.24) is 0 Å². The molecule has 1 N–H and O–H groups in total. The molecule has 0 bridgehead atoms. The number of para-hydroxylation sites is 1. The van der Waals surface area contributed by atoms with E-state index in [-0.39, 0.29) is 0 Å². The van der Waals surface area contributed by atoms with E-state index in [0.29, 0.717) is 5.69 Å². The maximum absolute atomic E-state index is 11.1. The lowest BCUT2D eigenvalue weighted by Crippen LogP contribution is -2.45. The molecule has 0 aromatic heterocycles. The Kier molecular flexibility index (Phi) is 2.79. The Balaban J connectivity index is 3.08. The van der Waals surface area contributed by atoms with Crippen LogP contribution in [0.15, 0.2) is 30.3 Å². The summed E-state index contributed by atoms with van der Waals surface area (Å²) in [4.78, 5) is 12.4. The third kappa shape index (κ3) is 2.25. The molecule has 0 heterocycles. The molecule has 0 saturated carbocycles. The van der Waals surface area contributed by atoms with Gasteiger partial charge in [0.05, 0.1) is 0 Å². The number of amides is 1. The van der Waals surface area contributed by atoms with Gasteiger partial charge in [0, 0.05) is 11.2 Å². The van der Waals surface area contributed by atoms with Crippen molar-refractivity contribution in [2.24, 2.45) is 0 Å². The number of benzene rings is 1. The van der Waals surface area contributed by atoms with Crippen molar-refractivity contribution in [2.75, 3.05) is 4.90 Å². The van der Waals surface area contributed by atoms with Crippen molar-refractivity contribution in [2.45, 2.75) is 26.3 Å². The SMILES string of the molecule is CC(C)(C)N(C(=O)O)c1ccccc1. The van der Waals surface area contributed by atoms with Gasteiger partial charge >= 0.3 is 6.09 Å². The molecule has 1 amide bonds. The maximum Gasteiger partial charge on any atom is 0.412 e. The first-order chi connectivity index (χ1) is 6.43. The first-order valence-electron chi connectivity index (χ1n) is 4.51. The molecule has 0 saturated heterocycles. The zero-order valence-corrected chi connectivity index (χ0v) is 8.69. The van der Waals surface area contributed by atoms with Crippen molar-refractivity contribution in [3.8, 4) is 0 Å². The highest BCUT2D eigenvalue weighted by Crippen LogP contribution is 2.23. The highest BCUT2D eigenvalue weighted by molar-refractivity contribution is 5.87. The summed E-state index contributed by atoms with van der Waals surface area (Å²) in [6.45, 7) is 5.61. The van der Waals surface area contributed by atoms with Gasteiger partial charge in [0.2, 0.25) is 0 Å². The minimum absolute atomic E-state index is 0.423. The van der Waals surface area contributed by atoms with E-state index in [1.807, 2.05) is 39.0 Å². The Morgan fingerprint density at radius 1 is 1.21 bits per heavy atom. The Morgan fingerprint density at radius 3 is 2.07 bits per heavy atom. The molecule has 0 radical (unpaired) electrons. The average molecular weight is 193 g/mol. The zero-order chi connectivity index (χ0) is 10.8. The van der Waals surface area contributed by atoms with E-state index in [4.69, 9.17) is 5.11 Å². The van der Waals surface area contributed by atoms with Gasteiger partial charge in [-0.25, -0.2) is 4.79 Å². The van der Waals surface area contributed by atoms with Crippen LogP contribution in [0.5, 0.6) is 0 Å². The van der Waals surface area contributed by atoms with Crippen LogP contribution >= 0.6 is 0 Å². The van der Waals surface area contributed by atoms with Crippen molar-refractivity contribution in [3.63, 3.8) is 0 Å². The molecule has 0 fully saturated rings. The summed E-state index contributed by atoms with van der Waals surface area (Å²) in [5.41, 5.74) is 0.278. The van der Waals surface area contributed by atoms with Gasteiger partial charge in [-0.1, -0.05) is 18.2 Å². The Hall–Kier alpha value is -1.51. The summed E-state index contributed by atoms with van der Waals surface area (Å²) in [6, 6.07) is 9.11. The van der Waals surface area contributed by atoms with E-state index in [1.165, 1.54) is 4.90 Å². The summed E-state index contributed by atoms with van der Waals surface area (Å²) >= 11 is 0. The molecule has 76 valence electrons. The van der Waals surface area contributed by atoms with Crippen LogP contribution in [0.4, 0.5) is 10.5 Å². The fraction of sp³-hybridized carbons (Fsp3) is 0.364. The molecular weight excluding hydrogens is 178 g/mol. The van der Waals surface area contributed by atoms with Crippen LogP contribution in [0.1, 0.15) is 20.8 Å². The predicted octanol–water partition coefficient (Wildman–Crippen LogP) is 2.97. The molecule has 1 aromatic rings. The Morgan fingerprint density at radius 2 is 1.71 bits per heavy atom. The molecule has 1 aromatic carbocycles. The largest absolute Gasteiger partial charge is 0.465 e. The van der Waals surface area contributed by atoms with E-state index >= 15 is 0 Å². The minimum Gasteiger partial charge on any atom is -0.465 e. The standard InChI is InChI=1S/C11H15NO2/c1-11(2,3)12(10(13)14)9-7-5-4-6-8-9/h4-8H,1-3H3,(H,13,14). The maximum atomic E-state index is 11.1. The quantitative estimate of drug-likeness (QED) is 0.744. The lowest BCUT2D eigenvalue weighted by atomic mass is 10.1. The van der Waals surface area contributed by atoms with Crippen molar-refractivity contribution < 1.29 is 9.90 Å². The van der Waals surface area contributed by atoms with Crippen molar-refractivity contribution in [3.05, 3.63) is 30.3 Å². The minimum atomic E-state index is -0.927.